The van der Waals surface area contributed by atoms with Gasteiger partial charge in [-0.3, -0.25) is 10.1 Å². The number of nitro benzene ring substituents is 1. The lowest BCUT2D eigenvalue weighted by Gasteiger charge is -2.07. The molecule has 1 rings (SSSR count). The predicted molar refractivity (Wildman–Crippen MR) is 66.5 cm³/mol. The lowest BCUT2D eigenvalue weighted by molar-refractivity contribution is -0.386. The highest BCUT2D eigenvalue weighted by molar-refractivity contribution is 8.13. The fourth-order valence-electron chi connectivity index (χ4n) is 1.30. The van der Waals surface area contributed by atoms with Crippen LogP contribution in [0.1, 0.15) is 19.8 Å². The maximum absolute atomic E-state index is 13.5. The minimum atomic E-state index is -4.39. The molecule has 0 amide bonds. The Morgan fingerprint density at radius 2 is 2.11 bits per heavy atom. The normalized spacial score (nSPS) is 11.3. The van der Waals surface area contributed by atoms with Crippen molar-refractivity contribution in [2.24, 2.45) is 0 Å². The first-order valence-electron chi connectivity index (χ1n) is 5.32. The Bertz CT molecular complexity index is 590. The molecule has 0 saturated carbocycles. The highest BCUT2D eigenvalue weighted by atomic mass is 35.7. The SMILES string of the molecule is CCCCOc1cc(F)c(S(=O)(=O)Cl)cc1[N+](=O)[O-]. The van der Waals surface area contributed by atoms with Crippen molar-refractivity contribution >= 4 is 25.4 Å². The van der Waals surface area contributed by atoms with Gasteiger partial charge in [0.05, 0.1) is 11.5 Å². The Morgan fingerprint density at radius 3 is 2.58 bits per heavy atom. The number of nitrogens with zero attached hydrogens (tertiary/aromatic N) is 1. The second-order valence-corrected chi connectivity index (χ2v) is 6.18. The van der Waals surface area contributed by atoms with Crippen molar-refractivity contribution in [1.29, 1.82) is 0 Å². The summed E-state index contributed by atoms with van der Waals surface area (Å²) in [6.45, 7) is 2.06. The fraction of sp³-hybridized carbons (Fsp3) is 0.400. The Morgan fingerprint density at radius 1 is 1.47 bits per heavy atom. The number of hydrogen-bond donors (Lipinski definition) is 0. The highest BCUT2D eigenvalue weighted by Gasteiger charge is 2.25. The van der Waals surface area contributed by atoms with Crippen molar-refractivity contribution in [3.05, 3.63) is 28.1 Å². The molecule has 0 spiro atoms. The number of ether oxygens (including phenoxy) is 1. The van der Waals surface area contributed by atoms with E-state index in [1.165, 1.54) is 0 Å². The van der Waals surface area contributed by atoms with Crippen LogP contribution in [0.5, 0.6) is 5.75 Å². The zero-order valence-electron chi connectivity index (χ0n) is 9.93. The Hall–Kier alpha value is -1.41. The summed E-state index contributed by atoms with van der Waals surface area (Å²) in [5.74, 6) is -1.51. The summed E-state index contributed by atoms with van der Waals surface area (Å²) in [4.78, 5) is 9.01. The summed E-state index contributed by atoms with van der Waals surface area (Å²) in [6, 6.07) is 1.21. The van der Waals surface area contributed by atoms with Crippen molar-refractivity contribution in [1.82, 2.24) is 0 Å². The molecule has 0 radical (unpaired) electrons. The summed E-state index contributed by atoms with van der Waals surface area (Å²) < 4.78 is 40.7. The van der Waals surface area contributed by atoms with Crippen LogP contribution in [0.25, 0.3) is 0 Å². The molecule has 0 heterocycles. The number of hydrogen-bond acceptors (Lipinski definition) is 5. The first kappa shape index (κ1) is 15.6. The smallest absolute Gasteiger partial charge is 0.312 e. The minimum absolute atomic E-state index is 0.170. The average Bonchev–Trinajstić information content (AvgIpc) is 2.27. The van der Waals surface area contributed by atoms with E-state index in [4.69, 9.17) is 15.4 Å². The molecule has 1 aromatic rings. The van der Waals surface area contributed by atoms with E-state index in [9.17, 15) is 22.9 Å². The monoisotopic (exact) mass is 311 g/mol. The number of benzene rings is 1. The maximum atomic E-state index is 13.5. The van der Waals surface area contributed by atoms with E-state index in [-0.39, 0.29) is 12.4 Å². The van der Waals surface area contributed by atoms with E-state index in [1.54, 1.807) is 0 Å². The van der Waals surface area contributed by atoms with Crippen molar-refractivity contribution < 1.29 is 22.5 Å². The van der Waals surface area contributed by atoms with E-state index in [0.29, 0.717) is 18.6 Å². The standard InChI is InChI=1S/C10H11ClFNO5S/c1-2-3-4-18-9-5-7(12)10(19(11,16)17)6-8(9)13(14)15/h5-6H,2-4H2,1H3. The van der Waals surface area contributed by atoms with Crippen molar-refractivity contribution in [2.45, 2.75) is 24.7 Å². The lowest BCUT2D eigenvalue weighted by atomic mass is 10.3. The van der Waals surface area contributed by atoms with Crippen LogP contribution >= 0.6 is 10.7 Å². The van der Waals surface area contributed by atoms with Gasteiger partial charge in [0.25, 0.3) is 9.05 Å². The molecule has 0 bridgehead atoms. The predicted octanol–water partition coefficient (Wildman–Crippen LogP) is 2.84. The summed E-state index contributed by atoms with van der Waals surface area (Å²) >= 11 is 0. The zero-order chi connectivity index (χ0) is 14.6. The third-order valence-corrected chi connectivity index (χ3v) is 3.57. The van der Waals surface area contributed by atoms with Crippen LogP contribution < -0.4 is 4.74 Å². The van der Waals surface area contributed by atoms with Gasteiger partial charge in [0, 0.05) is 22.8 Å². The molecule has 0 atom stereocenters. The molecule has 9 heteroatoms. The van der Waals surface area contributed by atoms with Crippen LogP contribution in [-0.4, -0.2) is 19.9 Å². The second-order valence-electron chi connectivity index (χ2n) is 3.65. The molecule has 19 heavy (non-hydrogen) atoms. The van der Waals surface area contributed by atoms with Gasteiger partial charge in [-0.05, 0) is 6.42 Å². The third-order valence-electron chi connectivity index (χ3n) is 2.23. The van der Waals surface area contributed by atoms with E-state index < -0.39 is 30.4 Å². The molecule has 0 unspecified atom stereocenters. The molecule has 6 nitrogen and oxygen atoms in total. The van der Waals surface area contributed by atoms with Crippen LogP contribution in [0.2, 0.25) is 0 Å². The van der Waals surface area contributed by atoms with E-state index >= 15 is 0 Å². The number of nitro groups is 1. The molecule has 0 N–H and O–H groups in total. The molecule has 0 aliphatic heterocycles. The van der Waals surface area contributed by atoms with Crippen LogP contribution in [0, 0.1) is 15.9 Å². The third kappa shape index (κ3) is 4.03. The largest absolute Gasteiger partial charge is 0.487 e. The Balaban J connectivity index is 3.26. The Kier molecular flexibility index (Phi) is 5.07. The summed E-state index contributed by atoms with van der Waals surface area (Å²) in [7, 11) is 0.594. The Labute approximate surface area is 113 Å². The van der Waals surface area contributed by atoms with Gasteiger partial charge in [0.2, 0.25) is 0 Å². The van der Waals surface area contributed by atoms with Crippen LogP contribution in [-0.2, 0) is 9.05 Å². The van der Waals surface area contributed by atoms with Crippen molar-refractivity contribution in [2.75, 3.05) is 6.61 Å². The van der Waals surface area contributed by atoms with Crippen LogP contribution in [0.3, 0.4) is 0 Å². The van der Waals surface area contributed by atoms with Crippen molar-refractivity contribution in [3.8, 4) is 5.75 Å². The average molecular weight is 312 g/mol. The zero-order valence-corrected chi connectivity index (χ0v) is 11.5. The summed E-state index contributed by atoms with van der Waals surface area (Å²) in [6.07, 6.45) is 1.43. The van der Waals surface area contributed by atoms with Gasteiger partial charge in [0.1, 0.15) is 10.7 Å². The molecule has 106 valence electrons. The minimum Gasteiger partial charge on any atom is -0.487 e. The van der Waals surface area contributed by atoms with Crippen LogP contribution in [0.4, 0.5) is 10.1 Å². The van der Waals surface area contributed by atoms with E-state index in [0.717, 1.165) is 6.42 Å². The molecule has 0 fully saturated rings. The number of rotatable bonds is 6. The molecule has 0 aliphatic carbocycles. The van der Waals surface area contributed by atoms with Gasteiger partial charge in [-0.1, -0.05) is 13.3 Å². The van der Waals surface area contributed by atoms with Gasteiger partial charge in [-0.2, -0.15) is 0 Å². The molecule has 0 aliphatic rings. The van der Waals surface area contributed by atoms with E-state index in [1.807, 2.05) is 6.92 Å². The second kappa shape index (κ2) is 6.16. The van der Waals surface area contributed by atoms with E-state index in [2.05, 4.69) is 0 Å². The topological polar surface area (TPSA) is 86.5 Å². The number of unbranched alkanes of at least 4 members (excludes halogenated alkanes) is 1. The van der Waals surface area contributed by atoms with Gasteiger partial charge < -0.3 is 4.74 Å². The van der Waals surface area contributed by atoms with Gasteiger partial charge in [-0.25, -0.2) is 12.8 Å². The lowest BCUT2D eigenvalue weighted by Crippen LogP contribution is -2.04. The summed E-state index contributed by atoms with van der Waals surface area (Å²) in [5, 5.41) is 10.8. The number of halogens is 2. The molecular weight excluding hydrogens is 301 g/mol. The fourth-order valence-corrected chi connectivity index (χ4v) is 2.19. The molecule has 0 aromatic heterocycles. The van der Waals surface area contributed by atoms with Gasteiger partial charge in [0.15, 0.2) is 5.75 Å². The summed E-state index contributed by atoms with van der Waals surface area (Å²) in [5.41, 5.74) is -0.642. The first-order valence-corrected chi connectivity index (χ1v) is 7.63. The quantitative estimate of drug-likeness (QED) is 0.349. The maximum Gasteiger partial charge on any atom is 0.312 e. The van der Waals surface area contributed by atoms with Gasteiger partial charge >= 0.3 is 5.69 Å². The molecular formula is C10H11ClFNO5S. The molecule has 0 saturated heterocycles. The highest BCUT2D eigenvalue weighted by Crippen LogP contribution is 2.33. The molecule has 1 aromatic carbocycles. The van der Waals surface area contributed by atoms with Crippen molar-refractivity contribution in [3.63, 3.8) is 0 Å². The first-order chi connectivity index (χ1) is 8.77. The van der Waals surface area contributed by atoms with Crippen LogP contribution in [0.15, 0.2) is 17.0 Å². The van der Waals surface area contributed by atoms with Gasteiger partial charge in [-0.15, -0.1) is 0 Å².